The van der Waals surface area contributed by atoms with Gasteiger partial charge < -0.3 is 0 Å². The van der Waals surface area contributed by atoms with Crippen molar-refractivity contribution in [2.75, 3.05) is 18.8 Å². The summed E-state index contributed by atoms with van der Waals surface area (Å²) in [5.41, 5.74) is 1.52. The van der Waals surface area contributed by atoms with E-state index < -0.39 is 30.9 Å². The van der Waals surface area contributed by atoms with Crippen LogP contribution in [0.25, 0.3) is 0 Å². The number of rotatable bonds is 3. The predicted octanol–water partition coefficient (Wildman–Crippen LogP) is 2.99. The maximum absolute atomic E-state index is 14.1. The van der Waals surface area contributed by atoms with Crippen molar-refractivity contribution >= 4 is 19.9 Å². The molecule has 1 aliphatic rings. The zero-order valence-corrected chi connectivity index (χ0v) is 16.9. The molecular weight excluding hydrogens is 389 g/mol. The molecule has 0 bridgehead atoms. The summed E-state index contributed by atoms with van der Waals surface area (Å²) in [6, 6.07) is 10.9. The third-order valence-electron chi connectivity index (χ3n) is 4.91. The third-order valence-corrected chi connectivity index (χ3v) is 9.06. The Bertz CT molecular complexity index is 1060. The second kappa shape index (κ2) is 7.33. The van der Waals surface area contributed by atoms with Crippen molar-refractivity contribution < 1.29 is 21.2 Å². The quantitative estimate of drug-likeness (QED) is 0.778. The first-order valence-corrected chi connectivity index (χ1v) is 11.8. The topological polar surface area (TPSA) is 71.5 Å². The molecule has 1 atom stereocenters. The average molecular weight is 412 g/mol. The molecule has 1 fully saturated rings. The van der Waals surface area contributed by atoms with E-state index in [0.717, 1.165) is 5.56 Å². The summed E-state index contributed by atoms with van der Waals surface area (Å²) in [6.07, 6.45) is 0.0212. The van der Waals surface area contributed by atoms with Gasteiger partial charge in [0, 0.05) is 18.7 Å². The summed E-state index contributed by atoms with van der Waals surface area (Å²) in [6.45, 7) is 3.40. The van der Waals surface area contributed by atoms with Crippen LogP contribution < -0.4 is 0 Å². The molecule has 0 saturated carbocycles. The molecule has 0 N–H and O–H groups in total. The molecule has 8 heteroatoms. The van der Waals surface area contributed by atoms with Crippen molar-refractivity contribution in [3.8, 4) is 0 Å². The molecule has 2 aromatic rings. The van der Waals surface area contributed by atoms with Gasteiger partial charge in [-0.2, -0.15) is 4.31 Å². The smallest absolute Gasteiger partial charge is 0.228 e. The van der Waals surface area contributed by atoms with Gasteiger partial charge in [0.15, 0.2) is 9.84 Å². The fourth-order valence-corrected chi connectivity index (χ4v) is 7.06. The molecule has 1 aliphatic heterocycles. The van der Waals surface area contributed by atoms with Crippen molar-refractivity contribution in [2.24, 2.45) is 0 Å². The lowest BCUT2D eigenvalue weighted by molar-refractivity contribution is 0.426. The fourth-order valence-electron chi connectivity index (χ4n) is 3.37. The molecule has 0 aromatic heterocycles. The van der Waals surface area contributed by atoms with E-state index in [1.54, 1.807) is 32.0 Å². The van der Waals surface area contributed by atoms with Gasteiger partial charge in [0.25, 0.3) is 0 Å². The Balaban J connectivity index is 1.96. The molecule has 27 heavy (non-hydrogen) atoms. The molecule has 3 rings (SSSR count). The molecule has 5 nitrogen and oxygen atoms in total. The van der Waals surface area contributed by atoms with Crippen molar-refractivity contribution in [3.05, 3.63) is 65.0 Å². The fraction of sp³-hybridized carbons (Fsp3) is 0.368. The number of hydrogen-bond donors (Lipinski definition) is 0. The molecule has 1 unspecified atom stereocenters. The summed E-state index contributed by atoms with van der Waals surface area (Å²) < 4.78 is 66.9. The summed E-state index contributed by atoms with van der Waals surface area (Å²) in [5, 5.41) is -1.04. The van der Waals surface area contributed by atoms with E-state index in [0.29, 0.717) is 5.56 Å². The van der Waals surface area contributed by atoms with Crippen molar-refractivity contribution in [2.45, 2.75) is 30.4 Å². The van der Waals surface area contributed by atoms with Crippen molar-refractivity contribution in [1.29, 1.82) is 0 Å². The van der Waals surface area contributed by atoms with E-state index in [1.807, 2.05) is 6.07 Å². The molecule has 1 heterocycles. The number of sulfone groups is 1. The van der Waals surface area contributed by atoms with Gasteiger partial charge in [-0.1, -0.05) is 30.3 Å². The first-order valence-electron chi connectivity index (χ1n) is 8.66. The number of halogens is 1. The SMILES string of the molecule is Cc1ccc(C)c(S(=O)(=O)N2CCC(c3ccccc3F)S(=O)(=O)CC2)c1. The summed E-state index contributed by atoms with van der Waals surface area (Å²) in [4.78, 5) is 0.184. The highest BCUT2D eigenvalue weighted by atomic mass is 32.2. The van der Waals surface area contributed by atoms with E-state index in [9.17, 15) is 21.2 Å². The molecule has 0 amide bonds. The molecule has 0 aliphatic carbocycles. The maximum atomic E-state index is 14.1. The first-order chi connectivity index (χ1) is 12.6. The van der Waals surface area contributed by atoms with Crippen LogP contribution in [0.5, 0.6) is 0 Å². The maximum Gasteiger partial charge on any atom is 0.243 e. The van der Waals surface area contributed by atoms with Gasteiger partial charge in [-0.05, 0) is 43.5 Å². The Morgan fingerprint density at radius 3 is 2.48 bits per heavy atom. The van der Waals surface area contributed by atoms with E-state index in [2.05, 4.69) is 0 Å². The Kier molecular flexibility index (Phi) is 5.42. The Labute approximate surface area is 159 Å². The van der Waals surface area contributed by atoms with Crippen LogP contribution in [0.1, 0.15) is 28.4 Å². The van der Waals surface area contributed by atoms with Gasteiger partial charge in [0.1, 0.15) is 5.82 Å². The number of aryl methyl sites for hydroxylation is 2. The minimum atomic E-state index is -3.83. The number of hydrogen-bond acceptors (Lipinski definition) is 4. The summed E-state index contributed by atoms with van der Waals surface area (Å²) in [5.74, 6) is -0.923. The van der Waals surface area contributed by atoms with Gasteiger partial charge in [-0.3, -0.25) is 0 Å². The van der Waals surface area contributed by atoms with E-state index >= 15 is 0 Å². The zero-order valence-electron chi connectivity index (χ0n) is 15.2. The van der Waals surface area contributed by atoms with Crippen LogP contribution in [0.2, 0.25) is 0 Å². The monoisotopic (exact) mass is 411 g/mol. The number of benzene rings is 2. The molecular formula is C19H22FNO4S2. The summed E-state index contributed by atoms with van der Waals surface area (Å²) >= 11 is 0. The van der Waals surface area contributed by atoms with Gasteiger partial charge >= 0.3 is 0 Å². The Morgan fingerprint density at radius 2 is 1.78 bits per heavy atom. The molecule has 2 aromatic carbocycles. The van der Waals surface area contributed by atoms with Crippen molar-refractivity contribution in [1.82, 2.24) is 4.31 Å². The van der Waals surface area contributed by atoms with Gasteiger partial charge in [0.05, 0.1) is 15.9 Å². The Morgan fingerprint density at radius 1 is 1.07 bits per heavy atom. The predicted molar refractivity (Wildman–Crippen MR) is 102 cm³/mol. The number of sulfonamides is 1. The second-order valence-corrected chi connectivity index (χ2v) is 11.0. The van der Waals surface area contributed by atoms with Crippen LogP contribution in [0, 0.1) is 19.7 Å². The molecule has 146 valence electrons. The van der Waals surface area contributed by atoms with Crippen LogP contribution in [0.15, 0.2) is 47.4 Å². The van der Waals surface area contributed by atoms with E-state index in [4.69, 9.17) is 0 Å². The Hall–Kier alpha value is -1.77. The van der Waals surface area contributed by atoms with Crippen LogP contribution in [0.3, 0.4) is 0 Å². The minimum Gasteiger partial charge on any atom is -0.228 e. The molecule has 1 saturated heterocycles. The highest BCUT2D eigenvalue weighted by Crippen LogP contribution is 2.33. The lowest BCUT2D eigenvalue weighted by Gasteiger charge is -2.21. The van der Waals surface area contributed by atoms with Crippen LogP contribution in [0.4, 0.5) is 4.39 Å². The average Bonchev–Trinajstić information content (AvgIpc) is 2.76. The van der Waals surface area contributed by atoms with Gasteiger partial charge in [0.2, 0.25) is 10.0 Å². The van der Waals surface area contributed by atoms with E-state index in [-0.39, 0.29) is 35.7 Å². The van der Waals surface area contributed by atoms with Crippen LogP contribution in [-0.2, 0) is 19.9 Å². The van der Waals surface area contributed by atoms with Crippen LogP contribution in [-0.4, -0.2) is 40.0 Å². The summed E-state index contributed by atoms with van der Waals surface area (Å²) in [7, 11) is -7.50. The standard InChI is InChI=1S/C19H22FNO4S2/c1-14-7-8-15(2)19(13-14)27(24,25)21-10-9-18(26(22,23)12-11-21)16-5-3-4-6-17(16)20/h3-8,13,18H,9-12H2,1-2H3. The van der Waals surface area contributed by atoms with Gasteiger partial charge in [-0.15, -0.1) is 0 Å². The first kappa shape index (κ1) is 20.0. The lowest BCUT2D eigenvalue weighted by atomic mass is 10.1. The second-order valence-electron chi connectivity index (χ2n) is 6.84. The normalized spacial score (nSPS) is 20.9. The zero-order chi connectivity index (χ0) is 19.8. The molecule has 0 radical (unpaired) electrons. The third kappa shape index (κ3) is 3.93. The largest absolute Gasteiger partial charge is 0.243 e. The highest BCUT2D eigenvalue weighted by Gasteiger charge is 2.37. The van der Waals surface area contributed by atoms with Crippen molar-refractivity contribution in [3.63, 3.8) is 0 Å². The highest BCUT2D eigenvalue weighted by molar-refractivity contribution is 7.92. The lowest BCUT2D eigenvalue weighted by Crippen LogP contribution is -2.34. The number of nitrogens with zero attached hydrogens (tertiary/aromatic N) is 1. The minimum absolute atomic E-state index is 0.0212. The van der Waals surface area contributed by atoms with Gasteiger partial charge in [-0.25, -0.2) is 21.2 Å². The van der Waals surface area contributed by atoms with Crippen LogP contribution >= 0.6 is 0 Å². The molecule has 0 spiro atoms. The van der Waals surface area contributed by atoms with E-state index in [1.165, 1.54) is 22.5 Å².